The highest BCUT2D eigenvalue weighted by Crippen LogP contribution is 2.32. The molecule has 1 heterocycles. The van der Waals surface area contributed by atoms with Gasteiger partial charge in [-0.3, -0.25) is 0 Å². The van der Waals surface area contributed by atoms with Crippen LogP contribution in [0.1, 0.15) is 25.2 Å². The first kappa shape index (κ1) is 15.3. The van der Waals surface area contributed by atoms with Gasteiger partial charge in [0.2, 0.25) is 0 Å². The summed E-state index contributed by atoms with van der Waals surface area (Å²) in [6, 6.07) is 2.68. The number of aromatic nitrogens is 2. The second-order valence-electron chi connectivity index (χ2n) is 4.97. The third kappa shape index (κ3) is 2.97. The topological polar surface area (TPSA) is 43.8 Å². The predicted octanol–water partition coefficient (Wildman–Crippen LogP) is 3.77. The number of halogens is 3. The lowest BCUT2D eigenvalue weighted by Gasteiger charge is -2.26. The third-order valence-electron chi connectivity index (χ3n) is 3.29. The Kier molecular flexibility index (Phi) is 4.37. The fourth-order valence-electron chi connectivity index (χ4n) is 2.18. The average molecular weight is 316 g/mol. The number of nitrogens with two attached hydrogens (primary N) is 1. The Balaban J connectivity index is 2.37. The first-order valence-corrected chi connectivity index (χ1v) is 7.04. The minimum Gasteiger partial charge on any atom is -0.335 e. The summed E-state index contributed by atoms with van der Waals surface area (Å²) in [7, 11) is 0. The highest BCUT2D eigenvalue weighted by molar-refractivity contribution is 6.35. The highest BCUT2D eigenvalue weighted by atomic mass is 35.5. The van der Waals surface area contributed by atoms with Crippen molar-refractivity contribution in [1.82, 2.24) is 9.55 Å². The van der Waals surface area contributed by atoms with Crippen LogP contribution >= 0.6 is 23.2 Å². The molecule has 3 nitrogen and oxygen atoms in total. The Morgan fingerprint density at radius 1 is 1.35 bits per heavy atom. The van der Waals surface area contributed by atoms with Crippen LogP contribution in [0, 0.1) is 5.82 Å². The molecule has 6 heteroatoms. The van der Waals surface area contributed by atoms with E-state index in [2.05, 4.69) is 4.98 Å². The highest BCUT2D eigenvalue weighted by Gasteiger charge is 2.27. The zero-order chi connectivity index (χ0) is 14.9. The number of nitrogens with zero attached hydrogens (tertiary/aromatic N) is 2. The summed E-state index contributed by atoms with van der Waals surface area (Å²) in [5.41, 5.74) is 6.01. The Hall–Kier alpha value is -1.10. The van der Waals surface area contributed by atoms with Gasteiger partial charge >= 0.3 is 0 Å². The van der Waals surface area contributed by atoms with E-state index >= 15 is 0 Å². The molecular weight excluding hydrogens is 300 g/mol. The fraction of sp³-hybridized carbons (Fsp3) is 0.357. The molecule has 0 aliphatic rings. The number of benzene rings is 1. The van der Waals surface area contributed by atoms with E-state index in [0.717, 1.165) is 12.4 Å². The van der Waals surface area contributed by atoms with E-state index in [1.165, 1.54) is 12.1 Å². The van der Waals surface area contributed by atoms with Crippen LogP contribution in [0.25, 0.3) is 0 Å². The zero-order valence-corrected chi connectivity index (χ0v) is 12.8. The van der Waals surface area contributed by atoms with Crippen molar-refractivity contribution < 1.29 is 4.39 Å². The molecule has 2 aromatic rings. The van der Waals surface area contributed by atoms with Gasteiger partial charge < -0.3 is 10.3 Å². The largest absolute Gasteiger partial charge is 0.335 e. The van der Waals surface area contributed by atoms with Crippen LogP contribution in [-0.4, -0.2) is 9.55 Å². The lowest BCUT2D eigenvalue weighted by Crippen LogP contribution is -2.37. The smallest absolute Gasteiger partial charge is 0.142 e. The number of imidazole rings is 1. The quantitative estimate of drug-likeness (QED) is 0.873. The van der Waals surface area contributed by atoms with Crippen molar-refractivity contribution in [3.63, 3.8) is 0 Å². The summed E-state index contributed by atoms with van der Waals surface area (Å²) in [5.74, 6) is 0.311. The molecule has 2 N–H and O–H groups in total. The van der Waals surface area contributed by atoms with Gasteiger partial charge in [0.25, 0.3) is 0 Å². The van der Waals surface area contributed by atoms with Crippen LogP contribution in [0.15, 0.2) is 24.5 Å². The Bertz CT molecular complexity index is 623. The first-order chi connectivity index (χ1) is 9.35. The molecule has 0 spiro atoms. The van der Waals surface area contributed by atoms with E-state index < -0.39 is 11.4 Å². The fourth-order valence-corrected chi connectivity index (χ4v) is 2.78. The van der Waals surface area contributed by atoms with Crippen molar-refractivity contribution in [3.8, 4) is 0 Å². The van der Waals surface area contributed by atoms with Gasteiger partial charge in [0.15, 0.2) is 0 Å². The normalized spacial score (nSPS) is 14.3. The monoisotopic (exact) mass is 315 g/mol. The van der Waals surface area contributed by atoms with Gasteiger partial charge in [-0.2, -0.15) is 0 Å². The van der Waals surface area contributed by atoms with Gasteiger partial charge in [0.05, 0.1) is 5.02 Å². The van der Waals surface area contributed by atoms with Crippen molar-refractivity contribution in [3.05, 3.63) is 51.8 Å². The molecule has 0 aliphatic heterocycles. The van der Waals surface area contributed by atoms with Crippen LogP contribution in [-0.2, 0) is 18.5 Å². The Morgan fingerprint density at radius 2 is 2.05 bits per heavy atom. The molecule has 0 fully saturated rings. The molecule has 108 valence electrons. The minimum atomic E-state index is -0.833. The average Bonchev–Trinajstić information content (AvgIpc) is 2.80. The van der Waals surface area contributed by atoms with Gasteiger partial charge in [-0.05, 0) is 31.5 Å². The molecule has 0 radical (unpaired) electrons. The third-order valence-corrected chi connectivity index (χ3v) is 3.90. The van der Waals surface area contributed by atoms with E-state index in [-0.39, 0.29) is 5.02 Å². The molecule has 0 saturated carbocycles. The van der Waals surface area contributed by atoms with E-state index in [1.54, 1.807) is 13.1 Å². The summed E-state index contributed by atoms with van der Waals surface area (Å²) < 4.78 is 15.6. The SMILES string of the molecule is CCn1ccnc1CC(C)(N)c1cc(F)c(Cl)cc1Cl. The molecular formula is C14H16Cl2FN3. The summed E-state index contributed by atoms with van der Waals surface area (Å²) in [6.07, 6.45) is 4.06. The summed E-state index contributed by atoms with van der Waals surface area (Å²) >= 11 is 11.9. The number of rotatable bonds is 4. The first-order valence-electron chi connectivity index (χ1n) is 6.29. The lowest BCUT2D eigenvalue weighted by molar-refractivity contribution is 0.462. The summed E-state index contributed by atoms with van der Waals surface area (Å²) in [6.45, 7) is 4.62. The van der Waals surface area contributed by atoms with Crippen molar-refractivity contribution in [2.75, 3.05) is 0 Å². The molecule has 1 unspecified atom stereocenters. The standard InChI is InChI=1S/C14H16Cl2FN3/c1-3-20-5-4-19-13(20)8-14(2,18)9-6-12(17)11(16)7-10(9)15/h4-7H,3,8,18H2,1-2H3. The van der Waals surface area contributed by atoms with Gasteiger partial charge in [0.1, 0.15) is 11.6 Å². The van der Waals surface area contributed by atoms with Crippen molar-refractivity contribution >= 4 is 23.2 Å². The Morgan fingerprint density at radius 3 is 2.70 bits per heavy atom. The minimum absolute atomic E-state index is 0.00962. The number of hydrogen-bond donors (Lipinski definition) is 1. The van der Waals surface area contributed by atoms with Gasteiger partial charge in [-0.1, -0.05) is 23.2 Å². The maximum absolute atomic E-state index is 13.6. The molecule has 0 bridgehead atoms. The van der Waals surface area contributed by atoms with Crippen LogP contribution in [0.4, 0.5) is 4.39 Å². The maximum Gasteiger partial charge on any atom is 0.142 e. The van der Waals surface area contributed by atoms with Crippen molar-refractivity contribution in [2.24, 2.45) is 5.73 Å². The maximum atomic E-state index is 13.6. The molecule has 0 amide bonds. The van der Waals surface area contributed by atoms with E-state index in [1.807, 2.05) is 17.7 Å². The molecule has 2 rings (SSSR count). The molecule has 1 atom stereocenters. The van der Waals surface area contributed by atoms with Crippen molar-refractivity contribution in [2.45, 2.75) is 32.4 Å². The lowest BCUT2D eigenvalue weighted by atomic mass is 9.89. The molecule has 0 aliphatic carbocycles. The van der Waals surface area contributed by atoms with Gasteiger partial charge in [-0.25, -0.2) is 9.37 Å². The molecule has 1 aromatic heterocycles. The van der Waals surface area contributed by atoms with Crippen LogP contribution in [0.5, 0.6) is 0 Å². The van der Waals surface area contributed by atoms with Crippen LogP contribution in [0.2, 0.25) is 10.0 Å². The molecule has 20 heavy (non-hydrogen) atoms. The predicted molar refractivity (Wildman–Crippen MR) is 79.6 cm³/mol. The Labute approximate surface area is 127 Å². The number of hydrogen-bond acceptors (Lipinski definition) is 2. The summed E-state index contributed by atoms with van der Waals surface area (Å²) in [5, 5.41) is 0.348. The van der Waals surface area contributed by atoms with Crippen LogP contribution in [0.3, 0.4) is 0 Å². The zero-order valence-electron chi connectivity index (χ0n) is 11.3. The van der Waals surface area contributed by atoms with Crippen LogP contribution < -0.4 is 5.73 Å². The summed E-state index contributed by atoms with van der Waals surface area (Å²) in [4.78, 5) is 4.29. The van der Waals surface area contributed by atoms with E-state index in [9.17, 15) is 4.39 Å². The second-order valence-corrected chi connectivity index (χ2v) is 5.78. The van der Waals surface area contributed by atoms with Gasteiger partial charge in [0, 0.05) is 35.9 Å². The van der Waals surface area contributed by atoms with Crippen molar-refractivity contribution in [1.29, 1.82) is 0 Å². The number of aryl methyl sites for hydroxylation is 1. The van der Waals surface area contributed by atoms with Gasteiger partial charge in [-0.15, -0.1) is 0 Å². The van der Waals surface area contributed by atoms with E-state index in [0.29, 0.717) is 17.0 Å². The molecule has 0 saturated heterocycles. The molecule has 1 aromatic carbocycles. The van der Waals surface area contributed by atoms with E-state index in [4.69, 9.17) is 28.9 Å². The second kappa shape index (κ2) is 5.72.